The van der Waals surface area contributed by atoms with Crippen LogP contribution in [-0.4, -0.2) is 22.2 Å². The first-order valence-electron chi connectivity index (χ1n) is 8.95. The fourth-order valence-corrected chi connectivity index (χ4v) is 4.83. The number of pyridine rings is 1. The minimum absolute atomic E-state index is 0.0410. The average molecular weight is 549 g/mol. The molecule has 1 heterocycles. The maximum absolute atomic E-state index is 14.3. The number of halogens is 5. The van der Waals surface area contributed by atoms with Crippen molar-refractivity contribution in [3.05, 3.63) is 63.7 Å². The van der Waals surface area contributed by atoms with Crippen molar-refractivity contribution in [2.75, 3.05) is 0 Å². The fourth-order valence-electron chi connectivity index (χ4n) is 4.30. The monoisotopic (exact) mass is 547 g/mol. The first-order valence-corrected chi connectivity index (χ1v) is 10.5. The molecule has 0 bridgehead atoms. The van der Waals surface area contributed by atoms with E-state index in [1.54, 1.807) is 30.3 Å². The Kier molecular flexibility index (Phi) is 6.08. The van der Waals surface area contributed by atoms with E-state index in [4.69, 9.17) is 4.74 Å². The van der Waals surface area contributed by atoms with E-state index in [9.17, 15) is 23.1 Å². The molecule has 160 valence electrons. The number of carbonyl (C=O) groups is 1. The molecule has 1 N–H and O–H groups in total. The normalized spacial score (nSPS) is 23.4. The number of aliphatic carboxylic acids is 1. The molecule has 1 aliphatic rings. The van der Waals surface area contributed by atoms with E-state index in [1.165, 1.54) is 38.1 Å². The van der Waals surface area contributed by atoms with Crippen LogP contribution < -0.4 is 4.74 Å². The molecule has 3 unspecified atom stereocenters. The molecule has 3 atom stereocenters. The van der Waals surface area contributed by atoms with Gasteiger partial charge in [-0.05, 0) is 55.5 Å². The summed E-state index contributed by atoms with van der Waals surface area (Å²) >= 11 is 6.28. The Hall–Kier alpha value is -1.87. The molecule has 2 aromatic rings. The molecule has 0 amide bonds. The van der Waals surface area contributed by atoms with Crippen molar-refractivity contribution >= 4 is 37.8 Å². The number of hydrogen-bond acceptors (Lipinski definition) is 3. The lowest BCUT2D eigenvalue weighted by Crippen LogP contribution is -2.39. The zero-order chi connectivity index (χ0) is 22.3. The number of allylic oxidation sites excluding steroid dienone is 1. The third kappa shape index (κ3) is 3.89. The van der Waals surface area contributed by atoms with Crippen molar-refractivity contribution in [1.29, 1.82) is 0 Å². The van der Waals surface area contributed by atoms with Gasteiger partial charge in [0.15, 0.2) is 0 Å². The van der Waals surface area contributed by atoms with Gasteiger partial charge >= 0.3 is 12.1 Å². The number of carboxylic acid groups (broad SMARTS) is 1. The Balaban J connectivity index is 2.11. The van der Waals surface area contributed by atoms with Crippen LogP contribution in [0.1, 0.15) is 25.5 Å². The van der Waals surface area contributed by atoms with Crippen molar-refractivity contribution in [1.82, 2.24) is 4.98 Å². The molecular formula is C21H18Br2F3NO3. The highest BCUT2D eigenvalue weighted by molar-refractivity contribution is 9.28. The summed E-state index contributed by atoms with van der Waals surface area (Å²) in [4.78, 5) is 16.4. The largest absolute Gasteiger partial charge is 0.481 e. The van der Waals surface area contributed by atoms with E-state index in [2.05, 4.69) is 36.8 Å². The van der Waals surface area contributed by atoms with Gasteiger partial charge in [-0.1, -0.05) is 44.2 Å². The third-order valence-corrected chi connectivity index (χ3v) is 6.22. The maximum Gasteiger partial charge on any atom is 0.398 e. The summed E-state index contributed by atoms with van der Waals surface area (Å²) in [5.41, 5.74) is -3.67. The molecule has 3 rings (SSSR count). The Morgan fingerprint density at radius 3 is 2.33 bits per heavy atom. The second kappa shape index (κ2) is 8.00. The Morgan fingerprint density at radius 2 is 1.80 bits per heavy atom. The number of carboxylic acids is 1. The quantitative estimate of drug-likeness (QED) is 0.427. The summed E-state index contributed by atoms with van der Waals surface area (Å²) in [6.07, 6.45) is -3.38. The van der Waals surface area contributed by atoms with Crippen LogP contribution in [0.2, 0.25) is 0 Å². The molecule has 0 saturated heterocycles. The summed E-state index contributed by atoms with van der Waals surface area (Å²) in [6, 6.07) is 12.5. The number of nitrogens with zero attached hydrogens (tertiary/aromatic N) is 1. The molecule has 1 aliphatic carbocycles. The Labute approximate surface area is 188 Å². The van der Waals surface area contributed by atoms with Gasteiger partial charge in [0.1, 0.15) is 11.7 Å². The Morgan fingerprint density at radius 1 is 1.17 bits per heavy atom. The topological polar surface area (TPSA) is 59.4 Å². The van der Waals surface area contributed by atoms with Gasteiger partial charge in [-0.15, -0.1) is 0 Å². The van der Waals surface area contributed by atoms with Crippen LogP contribution >= 0.6 is 31.9 Å². The van der Waals surface area contributed by atoms with E-state index >= 15 is 0 Å². The molecule has 1 aromatic heterocycles. The van der Waals surface area contributed by atoms with Gasteiger partial charge in [-0.25, -0.2) is 4.98 Å². The molecule has 0 radical (unpaired) electrons. The van der Waals surface area contributed by atoms with Gasteiger partial charge in [0.05, 0.1) is 14.5 Å². The maximum atomic E-state index is 14.3. The highest BCUT2D eigenvalue weighted by Crippen LogP contribution is 2.77. The highest BCUT2D eigenvalue weighted by Gasteiger charge is 2.82. The number of aromatic nitrogens is 1. The van der Waals surface area contributed by atoms with Crippen molar-refractivity contribution in [3.63, 3.8) is 0 Å². The van der Waals surface area contributed by atoms with Crippen molar-refractivity contribution in [2.45, 2.75) is 25.9 Å². The minimum atomic E-state index is -4.84. The molecule has 1 aromatic carbocycles. The predicted molar refractivity (Wildman–Crippen MR) is 113 cm³/mol. The second-order valence-electron chi connectivity index (χ2n) is 7.62. The average Bonchev–Trinajstić information content (AvgIpc) is 3.10. The van der Waals surface area contributed by atoms with Crippen LogP contribution in [0.15, 0.2) is 58.0 Å². The minimum Gasteiger partial charge on any atom is -0.481 e. The smallest absolute Gasteiger partial charge is 0.398 e. The molecule has 4 nitrogen and oxygen atoms in total. The number of alkyl halides is 3. The Bertz CT molecular complexity index is 975. The SMILES string of the molecule is CC1(C)C(C=C(Br)Br)C1(C(=O)O)C(c1cccc(Oc2ccccc2)n1)C(F)(F)F. The zero-order valence-electron chi connectivity index (χ0n) is 16.0. The van der Waals surface area contributed by atoms with Crippen molar-refractivity contribution in [3.8, 4) is 11.6 Å². The van der Waals surface area contributed by atoms with E-state index in [1.807, 2.05) is 0 Å². The van der Waals surface area contributed by atoms with Gasteiger partial charge in [-0.2, -0.15) is 13.2 Å². The molecule has 1 fully saturated rings. The summed E-state index contributed by atoms with van der Waals surface area (Å²) in [5, 5.41) is 10.0. The number of rotatable bonds is 6. The fraction of sp³-hybridized carbons (Fsp3) is 0.333. The van der Waals surface area contributed by atoms with Crippen LogP contribution in [0.4, 0.5) is 13.2 Å². The van der Waals surface area contributed by atoms with Gasteiger partial charge < -0.3 is 9.84 Å². The van der Waals surface area contributed by atoms with Crippen molar-refractivity contribution in [2.24, 2.45) is 16.7 Å². The van der Waals surface area contributed by atoms with Gasteiger partial charge in [0.2, 0.25) is 5.88 Å². The second-order valence-corrected chi connectivity index (χ2v) is 10.4. The zero-order valence-corrected chi connectivity index (χ0v) is 19.1. The number of para-hydroxylation sites is 1. The van der Waals surface area contributed by atoms with Crippen LogP contribution in [0.5, 0.6) is 11.6 Å². The number of hydrogen-bond donors (Lipinski definition) is 1. The molecular weight excluding hydrogens is 531 g/mol. The summed E-state index contributed by atoms with van der Waals surface area (Å²) in [5.74, 6) is -4.34. The standard InChI is InChI=1S/C21H18Br2F3NO3/c1-19(2)14(11-15(22)23)20(19,18(28)29)17(21(24,25)26)13-9-6-10-16(27-13)30-12-7-4-3-5-8-12/h3-11,14,17H,1-2H3,(H,28,29). The lowest BCUT2D eigenvalue weighted by atomic mass is 9.79. The van der Waals surface area contributed by atoms with Crippen LogP contribution in [0.3, 0.4) is 0 Å². The molecule has 0 spiro atoms. The van der Waals surface area contributed by atoms with E-state index in [0.29, 0.717) is 9.14 Å². The predicted octanol–water partition coefficient (Wildman–Crippen LogP) is 6.88. The van der Waals surface area contributed by atoms with E-state index < -0.39 is 40.5 Å². The van der Waals surface area contributed by atoms with Gasteiger partial charge in [0, 0.05) is 12.0 Å². The van der Waals surface area contributed by atoms with Crippen LogP contribution in [-0.2, 0) is 4.79 Å². The van der Waals surface area contributed by atoms with Gasteiger partial charge in [0.25, 0.3) is 0 Å². The molecule has 0 aliphatic heterocycles. The molecule has 30 heavy (non-hydrogen) atoms. The first-order chi connectivity index (χ1) is 13.9. The summed E-state index contributed by atoms with van der Waals surface area (Å²) in [7, 11) is 0. The molecule has 1 saturated carbocycles. The number of benzene rings is 1. The summed E-state index contributed by atoms with van der Waals surface area (Å²) < 4.78 is 48.9. The number of ether oxygens (including phenoxy) is 1. The van der Waals surface area contributed by atoms with E-state index in [0.717, 1.165) is 0 Å². The molecule has 9 heteroatoms. The third-order valence-electron chi connectivity index (χ3n) is 5.69. The lowest BCUT2D eigenvalue weighted by molar-refractivity contribution is -0.184. The van der Waals surface area contributed by atoms with Crippen molar-refractivity contribution < 1.29 is 27.8 Å². The first kappa shape index (κ1) is 22.8. The summed E-state index contributed by atoms with van der Waals surface area (Å²) in [6.45, 7) is 3.04. The van der Waals surface area contributed by atoms with Crippen LogP contribution in [0, 0.1) is 16.7 Å². The van der Waals surface area contributed by atoms with Crippen LogP contribution in [0.25, 0.3) is 0 Å². The van der Waals surface area contributed by atoms with E-state index in [-0.39, 0.29) is 5.88 Å². The lowest BCUT2D eigenvalue weighted by Gasteiger charge is -2.29. The van der Waals surface area contributed by atoms with Gasteiger partial charge in [-0.3, -0.25) is 4.79 Å². The highest BCUT2D eigenvalue weighted by atomic mass is 79.9.